The van der Waals surface area contributed by atoms with E-state index in [0.29, 0.717) is 45.8 Å². The van der Waals surface area contributed by atoms with Crippen molar-refractivity contribution in [3.8, 4) is 0 Å². The number of hydrogen-bond donors (Lipinski definition) is 0. The third kappa shape index (κ3) is 8.41. The minimum atomic E-state index is -0.482. The summed E-state index contributed by atoms with van der Waals surface area (Å²) in [5.74, 6) is 0.614. The first-order valence-electron chi connectivity index (χ1n) is 12.7. The minimum absolute atomic E-state index is 0.0281. The van der Waals surface area contributed by atoms with Crippen LogP contribution in [-0.4, -0.2) is 41.4 Å². The Hall–Kier alpha value is -1.75. The molecular weight excluding hydrogens is 479 g/mol. The van der Waals surface area contributed by atoms with Crippen molar-refractivity contribution in [3.63, 3.8) is 0 Å². The van der Waals surface area contributed by atoms with E-state index in [4.69, 9.17) is 28.2 Å². The lowest BCUT2D eigenvalue weighted by Gasteiger charge is -2.48. The quantitative estimate of drug-likeness (QED) is 0.161. The fourth-order valence-electron chi connectivity index (χ4n) is 4.85. The molecule has 0 N–H and O–H groups in total. The summed E-state index contributed by atoms with van der Waals surface area (Å²) in [6, 6.07) is 0. The molecule has 0 aromatic rings. The Morgan fingerprint density at radius 3 is 2.51 bits per heavy atom. The summed E-state index contributed by atoms with van der Waals surface area (Å²) in [6.07, 6.45) is 17.4. The van der Waals surface area contributed by atoms with E-state index in [0.717, 1.165) is 32.1 Å². The van der Waals surface area contributed by atoms with Gasteiger partial charge >= 0.3 is 0 Å². The monoisotopic (exact) mass is 518 g/mol. The van der Waals surface area contributed by atoms with Crippen LogP contribution in [0.5, 0.6) is 0 Å². The molecule has 1 aliphatic carbocycles. The van der Waals surface area contributed by atoms with Gasteiger partial charge in [-0.05, 0) is 63.5 Å². The van der Waals surface area contributed by atoms with Crippen molar-refractivity contribution in [3.05, 3.63) is 58.2 Å². The van der Waals surface area contributed by atoms with E-state index >= 15 is 0 Å². The molecule has 2 rings (SSSR count). The lowest BCUT2D eigenvalue weighted by atomic mass is 9.78. The summed E-state index contributed by atoms with van der Waals surface area (Å²) >= 11 is 12.5. The molecular formula is C29H40Cl2N2O2. The Morgan fingerprint density at radius 1 is 1.26 bits per heavy atom. The number of carbonyl (C=O) groups is 2. The highest BCUT2D eigenvalue weighted by atomic mass is 35.5. The third-order valence-corrected chi connectivity index (χ3v) is 7.62. The zero-order valence-corrected chi connectivity index (χ0v) is 23.2. The molecule has 0 aromatic carbocycles. The second kappa shape index (κ2) is 14.1. The maximum atomic E-state index is 13.4. The summed E-state index contributed by atoms with van der Waals surface area (Å²) in [7, 11) is 0. The van der Waals surface area contributed by atoms with Gasteiger partial charge in [-0.3, -0.25) is 19.5 Å². The molecule has 2 aliphatic rings. The molecule has 1 aliphatic heterocycles. The summed E-state index contributed by atoms with van der Waals surface area (Å²) in [5.41, 5.74) is 1.26. The maximum Gasteiger partial charge on any atom is 0.195 e. The van der Waals surface area contributed by atoms with Crippen LogP contribution in [-0.2, 0) is 9.59 Å². The van der Waals surface area contributed by atoms with Gasteiger partial charge in [-0.1, -0.05) is 81.1 Å². The first-order valence-corrected chi connectivity index (χ1v) is 13.5. The molecule has 2 unspecified atom stereocenters. The normalized spacial score (nSPS) is 24.6. The Labute approximate surface area is 221 Å². The average molecular weight is 520 g/mol. The van der Waals surface area contributed by atoms with Gasteiger partial charge in [0.2, 0.25) is 0 Å². The number of ketones is 1. The number of Topliss-reactive ketones (excluding diaryl/α,β-unsaturated/α-hetero) is 1. The number of halogens is 2. The fourth-order valence-corrected chi connectivity index (χ4v) is 5.09. The summed E-state index contributed by atoms with van der Waals surface area (Å²) in [5, 5.41) is 0.980. The van der Waals surface area contributed by atoms with Gasteiger partial charge in [0.15, 0.2) is 5.78 Å². The van der Waals surface area contributed by atoms with Crippen LogP contribution in [0, 0.1) is 11.8 Å². The van der Waals surface area contributed by atoms with Crippen LogP contribution in [0.25, 0.3) is 0 Å². The molecule has 0 saturated heterocycles. The molecule has 1 saturated carbocycles. The van der Waals surface area contributed by atoms with Crippen molar-refractivity contribution in [1.82, 2.24) is 4.90 Å². The molecule has 1 heterocycles. The number of hydrogen-bond acceptors (Lipinski definition) is 4. The van der Waals surface area contributed by atoms with Crippen LogP contribution in [0.4, 0.5) is 0 Å². The van der Waals surface area contributed by atoms with Gasteiger partial charge in [0.25, 0.3) is 0 Å². The Morgan fingerprint density at radius 2 is 1.94 bits per heavy atom. The van der Waals surface area contributed by atoms with Crippen LogP contribution in [0.3, 0.4) is 0 Å². The number of allylic oxidation sites excluding steroid dienone is 9. The van der Waals surface area contributed by atoms with E-state index in [2.05, 4.69) is 31.4 Å². The largest absolute Gasteiger partial charge is 0.298 e. The molecule has 0 aromatic heterocycles. The average Bonchev–Trinajstić information content (AvgIpc) is 2.84. The minimum Gasteiger partial charge on any atom is -0.298 e. The molecule has 0 amide bonds. The third-order valence-electron chi connectivity index (χ3n) is 7.13. The van der Waals surface area contributed by atoms with Crippen LogP contribution < -0.4 is 0 Å². The number of nitrogens with zero attached hydrogens (tertiary/aromatic N) is 2. The van der Waals surface area contributed by atoms with Crippen molar-refractivity contribution >= 4 is 41.0 Å². The van der Waals surface area contributed by atoms with E-state index in [-0.39, 0.29) is 11.7 Å². The van der Waals surface area contributed by atoms with E-state index in [1.165, 1.54) is 19.3 Å². The molecule has 0 radical (unpaired) electrons. The van der Waals surface area contributed by atoms with E-state index < -0.39 is 5.66 Å². The van der Waals surface area contributed by atoms with Gasteiger partial charge < -0.3 is 0 Å². The molecule has 2 atom stereocenters. The highest BCUT2D eigenvalue weighted by Gasteiger charge is 2.44. The zero-order chi connectivity index (χ0) is 26.0. The topological polar surface area (TPSA) is 49.7 Å². The smallest absolute Gasteiger partial charge is 0.195 e. The standard InChI is InChI=1S/C29H40Cl2N2O2/c1-6-23(20-34)14-13-21(3)15-16-33-19-27(35)28(24(17-22(4)30)18-26(31)7-2)32-29(33,5)25-11-9-8-10-12-25/h6,13-14,17-18,20-21,25H,4,7-12,15-16,19H2,1-3,5H3/b14-13-,23-6+,24-17+,26-18+. The lowest BCUT2D eigenvalue weighted by Crippen LogP contribution is -2.58. The van der Waals surface area contributed by atoms with Gasteiger partial charge in [-0.25, -0.2) is 0 Å². The number of aliphatic imine (C=N–C) groups is 1. The van der Waals surface area contributed by atoms with E-state index in [9.17, 15) is 9.59 Å². The number of carbonyl (C=O) groups excluding carboxylic acids is 2. The molecule has 1 fully saturated rings. The van der Waals surface area contributed by atoms with Crippen LogP contribution in [0.15, 0.2) is 63.2 Å². The first-order chi connectivity index (χ1) is 16.6. The van der Waals surface area contributed by atoms with Gasteiger partial charge in [0, 0.05) is 27.8 Å². The van der Waals surface area contributed by atoms with Gasteiger partial charge in [-0.2, -0.15) is 0 Å². The van der Waals surface area contributed by atoms with Crippen molar-refractivity contribution in [2.24, 2.45) is 16.8 Å². The highest BCUT2D eigenvalue weighted by Crippen LogP contribution is 2.40. The fraction of sp³-hybridized carbons (Fsp3) is 0.552. The highest BCUT2D eigenvalue weighted by molar-refractivity contribution is 6.48. The molecule has 35 heavy (non-hydrogen) atoms. The number of aldehydes is 1. The number of rotatable bonds is 11. The summed E-state index contributed by atoms with van der Waals surface area (Å²) < 4.78 is 0. The Bertz CT molecular complexity index is 938. The van der Waals surface area contributed by atoms with E-state index in [1.807, 2.05) is 19.9 Å². The zero-order valence-electron chi connectivity index (χ0n) is 21.7. The second-order valence-corrected chi connectivity index (χ2v) is 10.7. The Balaban J connectivity index is 2.40. The van der Waals surface area contributed by atoms with Gasteiger partial charge in [0.1, 0.15) is 17.7 Å². The van der Waals surface area contributed by atoms with Crippen LogP contribution in [0.1, 0.15) is 72.6 Å². The van der Waals surface area contributed by atoms with Gasteiger partial charge in [-0.15, -0.1) is 0 Å². The SMILES string of the molecule is C=C(Cl)/C=C(\C=C(\Cl)CC)C1=NC(C)(C2CCCCC2)N(CCC(C)/C=C\C(C=O)=C/C)CC1=O. The van der Waals surface area contributed by atoms with Crippen molar-refractivity contribution in [2.45, 2.75) is 78.3 Å². The molecule has 0 bridgehead atoms. The predicted molar refractivity (Wildman–Crippen MR) is 149 cm³/mol. The molecule has 6 heteroatoms. The second-order valence-electron chi connectivity index (χ2n) is 9.76. The Kier molecular flexibility index (Phi) is 11.9. The van der Waals surface area contributed by atoms with Crippen molar-refractivity contribution < 1.29 is 9.59 Å². The predicted octanol–water partition coefficient (Wildman–Crippen LogP) is 7.55. The van der Waals surface area contributed by atoms with Crippen LogP contribution in [0.2, 0.25) is 0 Å². The summed E-state index contributed by atoms with van der Waals surface area (Å²) in [4.78, 5) is 31.9. The molecule has 0 spiro atoms. The van der Waals surface area contributed by atoms with Crippen molar-refractivity contribution in [1.29, 1.82) is 0 Å². The first kappa shape index (κ1) is 29.5. The van der Waals surface area contributed by atoms with Gasteiger partial charge in [0.05, 0.1) is 6.54 Å². The van der Waals surface area contributed by atoms with E-state index in [1.54, 1.807) is 18.2 Å². The maximum absolute atomic E-state index is 13.4. The summed E-state index contributed by atoms with van der Waals surface area (Å²) in [6.45, 7) is 13.0. The van der Waals surface area contributed by atoms with Crippen LogP contribution >= 0.6 is 23.2 Å². The van der Waals surface area contributed by atoms with Crippen molar-refractivity contribution in [2.75, 3.05) is 13.1 Å². The molecule has 4 nitrogen and oxygen atoms in total. The lowest BCUT2D eigenvalue weighted by molar-refractivity contribution is -0.118. The molecule has 192 valence electrons.